The summed E-state index contributed by atoms with van der Waals surface area (Å²) in [4.78, 5) is 0. The maximum atomic E-state index is 3.96. The minimum Gasteiger partial charge on any atom is -0.381 e. The van der Waals surface area contributed by atoms with Crippen molar-refractivity contribution in [2.75, 3.05) is 5.32 Å². The Labute approximate surface area is 140 Å². The van der Waals surface area contributed by atoms with Gasteiger partial charge in [0, 0.05) is 27.4 Å². The predicted molar refractivity (Wildman–Crippen MR) is 93.2 cm³/mol. The Morgan fingerprint density at radius 1 is 0.952 bits per heavy atom. The number of halogens is 2. The van der Waals surface area contributed by atoms with Gasteiger partial charge in [-0.1, -0.05) is 18.2 Å². The lowest BCUT2D eigenvalue weighted by Gasteiger charge is -2.08. The summed E-state index contributed by atoms with van der Waals surface area (Å²) in [6.45, 7) is 0.787. The quantitative estimate of drug-likeness (QED) is 0.623. The van der Waals surface area contributed by atoms with Gasteiger partial charge in [-0.15, -0.1) is 0 Å². The van der Waals surface area contributed by atoms with Crippen LogP contribution in [0.5, 0.6) is 0 Å². The number of nitrogens with zero attached hydrogens (tertiary/aromatic N) is 1. The van der Waals surface area contributed by atoms with Crippen LogP contribution >= 0.6 is 31.9 Å². The molecule has 0 bridgehead atoms. The number of rotatable bonds is 4. The summed E-state index contributed by atoms with van der Waals surface area (Å²) >= 11 is 7.00. The zero-order valence-electron chi connectivity index (χ0n) is 11.1. The number of hydrogen-bond donors (Lipinski definition) is 2. The van der Waals surface area contributed by atoms with E-state index in [4.69, 9.17) is 0 Å². The molecule has 0 atom stereocenters. The Balaban J connectivity index is 1.66. The van der Waals surface area contributed by atoms with E-state index in [0.29, 0.717) is 0 Å². The fraction of sp³-hybridized carbons (Fsp3) is 0.0625. The van der Waals surface area contributed by atoms with Crippen molar-refractivity contribution in [1.29, 1.82) is 0 Å². The normalized spacial score (nSPS) is 10.6. The molecule has 5 heteroatoms. The van der Waals surface area contributed by atoms with Crippen molar-refractivity contribution in [3.8, 4) is 11.3 Å². The van der Waals surface area contributed by atoms with Gasteiger partial charge in [0.2, 0.25) is 0 Å². The van der Waals surface area contributed by atoms with Crippen molar-refractivity contribution < 1.29 is 0 Å². The first kappa shape index (κ1) is 14.4. The van der Waals surface area contributed by atoms with Gasteiger partial charge in [0.05, 0.1) is 5.69 Å². The Kier molecular flexibility index (Phi) is 4.41. The predicted octanol–water partition coefficient (Wildman–Crippen LogP) is 5.21. The lowest BCUT2D eigenvalue weighted by molar-refractivity contribution is 1.09. The van der Waals surface area contributed by atoms with Crippen LogP contribution in [0.2, 0.25) is 0 Å². The molecule has 0 aliphatic carbocycles. The van der Waals surface area contributed by atoms with E-state index in [1.807, 2.05) is 12.1 Å². The number of benzene rings is 2. The van der Waals surface area contributed by atoms with Crippen molar-refractivity contribution in [2.24, 2.45) is 0 Å². The first-order chi connectivity index (χ1) is 10.2. The minimum atomic E-state index is 0.787. The molecule has 1 heterocycles. The van der Waals surface area contributed by atoms with Crippen LogP contribution in [0.3, 0.4) is 0 Å². The van der Waals surface area contributed by atoms with Crippen LogP contribution in [0.4, 0.5) is 5.69 Å². The highest BCUT2D eigenvalue weighted by atomic mass is 79.9. The molecule has 0 radical (unpaired) electrons. The van der Waals surface area contributed by atoms with E-state index in [1.165, 1.54) is 5.56 Å². The van der Waals surface area contributed by atoms with E-state index < -0.39 is 0 Å². The molecule has 21 heavy (non-hydrogen) atoms. The average molecular weight is 407 g/mol. The number of anilines is 1. The van der Waals surface area contributed by atoms with Crippen molar-refractivity contribution >= 4 is 37.5 Å². The molecule has 0 aliphatic heterocycles. The van der Waals surface area contributed by atoms with Crippen LogP contribution in [-0.4, -0.2) is 10.2 Å². The molecule has 0 spiro atoms. The van der Waals surface area contributed by atoms with E-state index in [0.717, 1.165) is 32.4 Å². The summed E-state index contributed by atoms with van der Waals surface area (Å²) in [7, 11) is 0. The molecule has 3 aromatic rings. The van der Waals surface area contributed by atoms with Crippen LogP contribution in [-0.2, 0) is 6.54 Å². The van der Waals surface area contributed by atoms with Gasteiger partial charge >= 0.3 is 0 Å². The van der Waals surface area contributed by atoms with Crippen molar-refractivity contribution in [3.63, 3.8) is 0 Å². The third-order valence-electron chi connectivity index (χ3n) is 3.18. The van der Waals surface area contributed by atoms with E-state index in [1.54, 1.807) is 6.20 Å². The number of H-pyrrole nitrogens is 1. The number of aromatic amines is 1. The van der Waals surface area contributed by atoms with Crippen LogP contribution in [0.25, 0.3) is 11.3 Å². The monoisotopic (exact) mass is 405 g/mol. The van der Waals surface area contributed by atoms with Crippen molar-refractivity contribution in [2.45, 2.75) is 6.54 Å². The van der Waals surface area contributed by atoms with Gasteiger partial charge in [-0.3, -0.25) is 5.10 Å². The van der Waals surface area contributed by atoms with E-state index >= 15 is 0 Å². The van der Waals surface area contributed by atoms with Crippen LogP contribution in [0.15, 0.2) is 63.7 Å². The van der Waals surface area contributed by atoms with Crippen LogP contribution < -0.4 is 5.32 Å². The largest absolute Gasteiger partial charge is 0.381 e. The van der Waals surface area contributed by atoms with E-state index in [-0.39, 0.29) is 0 Å². The van der Waals surface area contributed by atoms with Gasteiger partial charge in [-0.2, -0.15) is 5.10 Å². The molecular formula is C16H13Br2N3. The highest BCUT2D eigenvalue weighted by Gasteiger charge is 2.01. The molecule has 0 unspecified atom stereocenters. The molecule has 0 saturated carbocycles. The summed E-state index contributed by atoms with van der Waals surface area (Å²) in [6.07, 6.45) is 1.76. The van der Waals surface area contributed by atoms with Crippen LogP contribution in [0.1, 0.15) is 5.56 Å². The average Bonchev–Trinajstić information content (AvgIpc) is 3.03. The number of aromatic nitrogens is 2. The lowest BCUT2D eigenvalue weighted by Crippen LogP contribution is -1.99. The first-order valence-corrected chi connectivity index (χ1v) is 8.08. The molecule has 0 amide bonds. The third-order valence-corrected chi connectivity index (χ3v) is 5.06. The second-order valence-electron chi connectivity index (χ2n) is 4.65. The third kappa shape index (κ3) is 3.54. The lowest BCUT2D eigenvalue weighted by atomic mass is 10.1. The van der Waals surface area contributed by atoms with Gasteiger partial charge in [-0.25, -0.2) is 0 Å². The van der Waals surface area contributed by atoms with Gasteiger partial charge in [0.25, 0.3) is 0 Å². The van der Waals surface area contributed by atoms with Gasteiger partial charge in [0.1, 0.15) is 0 Å². The maximum absolute atomic E-state index is 3.96. The van der Waals surface area contributed by atoms with E-state index in [2.05, 4.69) is 83.8 Å². The van der Waals surface area contributed by atoms with E-state index in [9.17, 15) is 0 Å². The van der Waals surface area contributed by atoms with Crippen molar-refractivity contribution in [3.05, 3.63) is 69.2 Å². The zero-order chi connectivity index (χ0) is 14.7. The van der Waals surface area contributed by atoms with Gasteiger partial charge in [-0.05, 0) is 73.3 Å². The Bertz CT molecular complexity index is 722. The molecule has 0 aliphatic rings. The number of nitrogens with one attached hydrogen (secondary N) is 2. The summed E-state index contributed by atoms with van der Waals surface area (Å²) in [5.41, 5.74) is 4.47. The standard InChI is InChI=1S/C16H13Br2N3/c17-14-6-1-11(9-15(14)18)10-19-13-4-2-12(3-5-13)16-7-8-20-21-16/h1-9,19H,10H2,(H,20,21). The topological polar surface area (TPSA) is 40.7 Å². The summed E-state index contributed by atoms with van der Waals surface area (Å²) in [6, 6.07) is 16.5. The summed E-state index contributed by atoms with van der Waals surface area (Å²) in [5.74, 6) is 0. The fourth-order valence-corrected chi connectivity index (χ4v) is 2.71. The first-order valence-electron chi connectivity index (χ1n) is 6.50. The zero-order valence-corrected chi connectivity index (χ0v) is 14.3. The Morgan fingerprint density at radius 2 is 1.76 bits per heavy atom. The molecule has 0 fully saturated rings. The second kappa shape index (κ2) is 6.45. The van der Waals surface area contributed by atoms with Gasteiger partial charge < -0.3 is 5.32 Å². The number of hydrogen-bond acceptors (Lipinski definition) is 2. The molecule has 3 nitrogen and oxygen atoms in total. The smallest absolute Gasteiger partial charge is 0.0650 e. The second-order valence-corrected chi connectivity index (χ2v) is 6.36. The van der Waals surface area contributed by atoms with Crippen LogP contribution in [0, 0.1) is 0 Å². The minimum absolute atomic E-state index is 0.787. The molecule has 0 saturated heterocycles. The maximum Gasteiger partial charge on any atom is 0.0650 e. The Hall–Kier alpha value is -1.59. The van der Waals surface area contributed by atoms with Gasteiger partial charge in [0.15, 0.2) is 0 Å². The molecule has 3 rings (SSSR count). The molecule has 2 N–H and O–H groups in total. The van der Waals surface area contributed by atoms with Crippen molar-refractivity contribution in [1.82, 2.24) is 10.2 Å². The molecule has 2 aromatic carbocycles. The highest BCUT2D eigenvalue weighted by molar-refractivity contribution is 9.13. The molecular weight excluding hydrogens is 394 g/mol. The fourth-order valence-electron chi connectivity index (χ4n) is 2.04. The Morgan fingerprint density at radius 3 is 2.43 bits per heavy atom. The SMILES string of the molecule is Brc1ccc(CNc2ccc(-c3ccn[nH]3)cc2)cc1Br. The summed E-state index contributed by atoms with van der Waals surface area (Å²) < 4.78 is 2.13. The molecule has 1 aromatic heterocycles. The highest BCUT2D eigenvalue weighted by Crippen LogP contribution is 2.24. The summed E-state index contributed by atoms with van der Waals surface area (Å²) in [5, 5.41) is 10.3. The molecule has 106 valence electrons.